The molecule has 0 unspecified atom stereocenters. The molecule has 0 aliphatic rings. The summed E-state index contributed by atoms with van der Waals surface area (Å²) in [5.41, 5.74) is 2.58. The van der Waals surface area contributed by atoms with Gasteiger partial charge < -0.3 is 5.32 Å². The Morgan fingerprint density at radius 2 is 1.85 bits per heavy atom. The van der Waals surface area contributed by atoms with Gasteiger partial charge in [0, 0.05) is 12.7 Å². The molecule has 0 bridgehead atoms. The molecule has 1 heterocycles. The van der Waals surface area contributed by atoms with Crippen LogP contribution in [0, 0.1) is 13.8 Å². The smallest absolute Gasteiger partial charge is 0.238 e. The van der Waals surface area contributed by atoms with E-state index >= 15 is 0 Å². The molecule has 0 radical (unpaired) electrons. The number of anilines is 1. The predicted octanol–water partition coefficient (Wildman–Crippen LogP) is 1.35. The third-order valence-electron chi connectivity index (χ3n) is 2.79. The molecule has 0 amide bonds. The molecule has 0 spiro atoms. The van der Waals surface area contributed by atoms with Gasteiger partial charge in [-0.3, -0.25) is 4.98 Å². The Hall–Kier alpha value is -1.99. The van der Waals surface area contributed by atoms with Crippen molar-refractivity contribution in [2.45, 2.75) is 25.3 Å². The van der Waals surface area contributed by atoms with Gasteiger partial charge in [0.15, 0.2) is 0 Å². The third kappa shape index (κ3) is 3.52. The summed E-state index contributed by atoms with van der Waals surface area (Å²) in [4.78, 5) is 8.68. The number of nitrogens with one attached hydrogen (secondary N) is 1. The fourth-order valence-electron chi connectivity index (χ4n) is 1.69. The number of primary sulfonamides is 1. The average molecular weight is 292 g/mol. The van der Waals surface area contributed by atoms with Gasteiger partial charge in [-0.15, -0.1) is 0 Å². The quantitative estimate of drug-likeness (QED) is 0.886. The van der Waals surface area contributed by atoms with E-state index in [0.717, 1.165) is 22.8 Å². The van der Waals surface area contributed by atoms with E-state index in [0.29, 0.717) is 6.54 Å². The molecule has 0 aliphatic carbocycles. The number of hydrogen-bond donors (Lipinski definition) is 2. The monoisotopic (exact) mass is 292 g/mol. The Bertz CT molecular complexity index is 712. The van der Waals surface area contributed by atoms with E-state index in [1.165, 1.54) is 12.1 Å². The van der Waals surface area contributed by atoms with Crippen LogP contribution in [0.4, 0.5) is 5.82 Å². The van der Waals surface area contributed by atoms with Crippen LogP contribution in [0.5, 0.6) is 0 Å². The van der Waals surface area contributed by atoms with E-state index in [1.54, 1.807) is 18.3 Å². The van der Waals surface area contributed by atoms with Crippen LogP contribution in [0.15, 0.2) is 35.4 Å². The van der Waals surface area contributed by atoms with Gasteiger partial charge in [-0.25, -0.2) is 18.5 Å². The molecule has 6 nitrogen and oxygen atoms in total. The molecule has 2 rings (SSSR count). The maximum atomic E-state index is 11.1. The number of nitrogens with two attached hydrogens (primary N) is 1. The van der Waals surface area contributed by atoms with Crippen molar-refractivity contribution in [1.82, 2.24) is 9.97 Å². The number of aryl methyl sites for hydroxylation is 2. The predicted molar refractivity (Wildman–Crippen MR) is 76.6 cm³/mol. The Morgan fingerprint density at radius 1 is 1.20 bits per heavy atom. The lowest BCUT2D eigenvalue weighted by molar-refractivity contribution is 0.598. The fraction of sp³-hybridized carbons (Fsp3) is 0.231. The number of rotatable bonds is 4. The molecule has 0 saturated carbocycles. The number of aromatic nitrogens is 2. The summed E-state index contributed by atoms with van der Waals surface area (Å²) in [6.45, 7) is 4.28. The molecule has 0 fully saturated rings. The summed E-state index contributed by atoms with van der Waals surface area (Å²) in [5, 5.41) is 8.22. The zero-order chi connectivity index (χ0) is 14.8. The largest absolute Gasteiger partial charge is 0.364 e. The second-order valence-corrected chi connectivity index (χ2v) is 6.05. The summed E-state index contributed by atoms with van der Waals surface area (Å²) >= 11 is 0. The third-order valence-corrected chi connectivity index (χ3v) is 3.72. The van der Waals surface area contributed by atoms with Gasteiger partial charge >= 0.3 is 0 Å². The van der Waals surface area contributed by atoms with E-state index in [9.17, 15) is 8.42 Å². The van der Waals surface area contributed by atoms with Gasteiger partial charge in [-0.05, 0) is 31.5 Å². The van der Waals surface area contributed by atoms with Crippen molar-refractivity contribution in [3.8, 4) is 0 Å². The standard InChI is InChI=1S/C13H16N4O2S/c1-9-7-15-10(2)13(17-9)16-8-11-3-5-12(6-4-11)20(14,18)19/h3-7H,8H2,1-2H3,(H,16,17)(H2,14,18,19). The highest BCUT2D eigenvalue weighted by atomic mass is 32.2. The van der Waals surface area contributed by atoms with Crippen LogP contribution in [0.1, 0.15) is 17.0 Å². The summed E-state index contributed by atoms with van der Waals surface area (Å²) < 4.78 is 22.3. The van der Waals surface area contributed by atoms with Crippen LogP contribution in [-0.4, -0.2) is 18.4 Å². The molecule has 1 aromatic carbocycles. The SMILES string of the molecule is Cc1cnc(C)c(NCc2ccc(S(N)(=O)=O)cc2)n1. The lowest BCUT2D eigenvalue weighted by Crippen LogP contribution is -2.12. The second kappa shape index (κ2) is 5.56. The summed E-state index contributed by atoms with van der Waals surface area (Å²) in [6, 6.07) is 6.40. The van der Waals surface area contributed by atoms with E-state index in [2.05, 4.69) is 15.3 Å². The van der Waals surface area contributed by atoms with Gasteiger partial charge in [-0.2, -0.15) is 0 Å². The van der Waals surface area contributed by atoms with Gasteiger partial charge in [0.05, 0.1) is 16.3 Å². The highest BCUT2D eigenvalue weighted by molar-refractivity contribution is 7.89. The first-order chi connectivity index (χ1) is 9.36. The lowest BCUT2D eigenvalue weighted by Gasteiger charge is -2.09. The van der Waals surface area contributed by atoms with Crippen LogP contribution >= 0.6 is 0 Å². The van der Waals surface area contributed by atoms with Crippen LogP contribution in [0.25, 0.3) is 0 Å². The molecule has 3 N–H and O–H groups in total. The summed E-state index contributed by atoms with van der Waals surface area (Å²) in [5.74, 6) is 0.723. The Kier molecular flexibility index (Phi) is 4.01. The minimum atomic E-state index is -3.64. The molecular weight excluding hydrogens is 276 g/mol. The van der Waals surface area contributed by atoms with Crippen molar-refractivity contribution in [3.63, 3.8) is 0 Å². The maximum absolute atomic E-state index is 11.1. The van der Waals surface area contributed by atoms with E-state index < -0.39 is 10.0 Å². The van der Waals surface area contributed by atoms with Gasteiger partial charge in [0.1, 0.15) is 5.82 Å². The van der Waals surface area contributed by atoms with Crippen molar-refractivity contribution in [2.75, 3.05) is 5.32 Å². The minimum absolute atomic E-state index is 0.104. The van der Waals surface area contributed by atoms with Crippen LogP contribution in [0.2, 0.25) is 0 Å². The van der Waals surface area contributed by atoms with E-state index in [1.807, 2.05) is 13.8 Å². The Balaban J connectivity index is 2.10. The molecule has 0 saturated heterocycles. The average Bonchev–Trinajstić information content (AvgIpc) is 2.39. The zero-order valence-corrected chi connectivity index (χ0v) is 12.1. The first kappa shape index (κ1) is 14.4. The maximum Gasteiger partial charge on any atom is 0.238 e. The van der Waals surface area contributed by atoms with E-state index in [-0.39, 0.29) is 4.90 Å². The Labute approximate surface area is 118 Å². The number of sulfonamides is 1. The van der Waals surface area contributed by atoms with Crippen molar-refractivity contribution in [1.29, 1.82) is 0 Å². The topological polar surface area (TPSA) is 98.0 Å². The van der Waals surface area contributed by atoms with E-state index in [4.69, 9.17) is 5.14 Å². The summed E-state index contributed by atoms with van der Waals surface area (Å²) in [6.07, 6.45) is 1.71. The lowest BCUT2D eigenvalue weighted by atomic mass is 10.2. The molecule has 0 atom stereocenters. The molecule has 106 valence electrons. The second-order valence-electron chi connectivity index (χ2n) is 4.49. The number of benzene rings is 1. The first-order valence-corrected chi connectivity index (χ1v) is 7.57. The molecule has 1 aromatic heterocycles. The van der Waals surface area contributed by atoms with Crippen molar-refractivity contribution in [2.24, 2.45) is 5.14 Å². The van der Waals surface area contributed by atoms with Crippen LogP contribution in [0.3, 0.4) is 0 Å². The molecule has 0 aliphatic heterocycles. The van der Waals surface area contributed by atoms with Crippen molar-refractivity contribution in [3.05, 3.63) is 47.4 Å². The van der Waals surface area contributed by atoms with Gasteiger partial charge in [0.2, 0.25) is 10.0 Å². The highest BCUT2D eigenvalue weighted by Crippen LogP contribution is 2.12. The van der Waals surface area contributed by atoms with Gasteiger partial charge in [-0.1, -0.05) is 12.1 Å². The molecular formula is C13H16N4O2S. The highest BCUT2D eigenvalue weighted by Gasteiger charge is 2.07. The fourth-order valence-corrected chi connectivity index (χ4v) is 2.20. The first-order valence-electron chi connectivity index (χ1n) is 6.02. The Morgan fingerprint density at radius 3 is 2.45 bits per heavy atom. The normalized spacial score (nSPS) is 11.3. The van der Waals surface area contributed by atoms with Crippen molar-refractivity contribution < 1.29 is 8.42 Å². The number of nitrogens with zero attached hydrogens (tertiary/aromatic N) is 2. The molecule has 7 heteroatoms. The molecule has 20 heavy (non-hydrogen) atoms. The minimum Gasteiger partial charge on any atom is -0.364 e. The number of hydrogen-bond acceptors (Lipinski definition) is 5. The van der Waals surface area contributed by atoms with Crippen molar-refractivity contribution >= 4 is 15.8 Å². The van der Waals surface area contributed by atoms with Gasteiger partial charge in [0.25, 0.3) is 0 Å². The molecule has 2 aromatic rings. The summed E-state index contributed by atoms with van der Waals surface area (Å²) in [7, 11) is -3.64. The zero-order valence-electron chi connectivity index (χ0n) is 11.3. The van der Waals surface area contributed by atoms with Crippen LogP contribution in [-0.2, 0) is 16.6 Å². The van der Waals surface area contributed by atoms with Crippen LogP contribution < -0.4 is 10.5 Å².